The van der Waals surface area contributed by atoms with Crippen molar-refractivity contribution in [1.29, 1.82) is 0 Å². The Labute approximate surface area is 99.9 Å². The fourth-order valence-electron chi connectivity index (χ4n) is 1.69. The Morgan fingerprint density at radius 3 is 2.75 bits per heavy atom. The van der Waals surface area contributed by atoms with Gasteiger partial charge in [-0.3, -0.25) is 0 Å². The van der Waals surface area contributed by atoms with E-state index in [4.69, 9.17) is 17.3 Å². The van der Waals surface area contributed by atoms with Crippen LogP contribution < -0.4 is 5.73 Å². The molecule has 0 saturated carbocycles. The number of hydrogen-bond acceptors (Lipinski definition) is 2. The number of aromatic nitrogens is 2. The first-order chi connectivity index (χ1) is 7.59. The summed E-state index contributed by atoms with van der Waals surface area (Å²) in [7, 11) is 0. The topological polar surface area (TPSA) is 43.8 Å². The maximum absolute atomic E-state index is 5.95. The van der Waals surface area contributed by atoms with Crippen LogP contribution >= 0.6 is 11.6 Å². The molecule has 16 heavy (non-hydrogen) atoms. The third-order valence-electron chi connectivity index (χ3n) is 2.43. The molecule has 0 bridgehead atoms. The van der Waals surface area contributed by atoms with Crippen LogP contribution in [0.2, 0.25) is 5.02 Å². The largest absolute Gasteiger partial charge is 0.397 e. The molecular formula is C12H14ClN3. The van der Waals surface area contributed by atoms with Crippen molar-refractivity contribution in [1.82, 2.24) is 9.55 Å². The molecule has 0 aliphatic heterocycles. The highest BCUT2D eigenvalue weighted by Gasteiger charge is 2.10. The van der Waals surface area contributed by atoms with Crippen molar-refractivity contribution in [3.05, 3.63) is 41.4 Å². The van der Waals surface area contributed by atoms with Crippen molar-refractivity contribution in [2.75, 3.05) is 5.73 Å². The van der Waals surface area contributed by atoms with Crippen LogP contribution in [0.4, 0.5) is 5.69 Å². The summed E-state index contributed by atoms with van der Waals surface area (Å²) in [6.45, 7) is 4.20. The lowest BCUT2D eigenvalue weighted by Crippen LogP contribution is -2.05. The molecule has 1 aromatic carbocycles. The Bertz CT molecular complexity index is 503. The van der Waals surface area contributed by atoms with Gasteiger partial charge < -0.3 is 10.3 Å². The van der Waals surface area contributed by atoms with Gasteiger partial charge in [0, 0.05) is 23.3 Å². The fourth-order valence-corrected chi connectivity index (χ4v) is 1.87. The quantitative estimate of drug-likeness (QED) is 0.813. The van der Waals surface area contributed by atoms with E-state index < -0.39 is 0 Å². The Kier molecular flexibility index (Phi) is 2.88. The van der Waals surface area contributed by atoms with Gasteiger partial charge in [0.1, 0.15) is 5.82 Å². The minimum absolute atomic E-state index is 0.352. The van der Waals surface area contributed by atoms with Crippen LogP contribution in [-0.4, -0.2) is 9.55 Å². The van der Waals surface area contributed by atoms with Crippen LogP contribution in [0.25, 0.3) is 5.69 Å². The van der Waals surface area contributed by atoms with Gasteiger partial charge in [0.15, 0.2) is 0 Å². The Morgan fingerprint density at radius 1 is 1.38 bits per heavy atom. The molecule has 2 aromatic rings. The van der Waals surface area contributed by atoms with Crippen LogP contribution in [0, 0.1) is 0 Å². The van der Waals surface area contributed by atoms with Crippen LogP contribution in [0.1, 0.15) is 25.6 Å². The van der Waals surface area contributed by atoms with Crippen molar-refractivity contribution in [2.45, 2.75) is 19.8 Å². The molecule has 0 aliphatic carbocycles. The predicted molar refractivity (Wildman–Crippen MR) is 67.1 cm³/mol. The normalized spacial score (nSPS) is 11.0. The number of halogens is 1. The Hall–Kier alpha value is -1.48. The minimum Gasteiger partial charge on any atom is -0.397 e. The number of hydrogen-bond donors (Lipinski definition) is 1. The van der Waals surface area contributed by atoms with Crippen molar-refractivity contribution < 1.29 is 0 Å². The monoisotopic (exact) mass is 235 g/mol. The highest BCUT2D eigenvalue weighted by molar-refractivity contribution is 6.30. The third-order valence-corrected chi connectivity index (χ3v) is 2.67. The number of nitrogens with two attached hydrogens (primary N) is 1. The first kappa shape index (κ1) is 11.0. The number of imidazole rings is 1. The molecule has 1 aromatic heterocycles. The van der Waals surface area contributed by atoms with Gasteiger partial charge in [0.05, 0.1) is 11.4 Å². The predicted octanol–water partition coefficient (Wildman–Crippen LogP) is 3.23. The molecule has 0 aliphatic rings. The summed E-state index contributed by atoms with van der Waals surface area (Å²) in [4.78, 5) is 4.33. The van der Waals surface area contributed by atoms with E-state index >= 15 is 0 Å². The SMILES string of the molecule is CC(C)c1nccn1-c1ccc(Cl)cc1N. The second-order valence-electron chi connectivity index (χ2n) is 4.01. The van der Waals surface area contributed by atoms with Gasteiger partial charge in [-0.15, -0.1) is 0 Å². The summed E-state index contributed by atoms with van der Waals surface area (Å²) in [5, 5.41) is 0.646. The van der Waals surface area contributed by atoms with E-state index in [2.05, 4.69) is 18.8 Å². The fraction of sp³-hybridized carbons (Fsp3) is 0.250. The lowest BCUT2D eigenvalue weighted by Gasteiger charge is -2.12. The second kappa shape index (κ2) is 4.18. The first-order valence-electron chi connectivity index (χ1n) is 5.18. The van der Waals surface area contributed by atoms with E-state index in [1.807, 2.05) is 22.9 Å². The molecule has 0 atom stereocenters. The summed E-state index contributed by atoms with van der Waals surface area (Å²) in [6, 6.07) is 5.49. The molecule has 1 heterocycles. The lowest BCUT2D eigenvalue weighted by atomic mass is 10.2. The smallest absolute Gasteiger partial charge is 0.115 e. The molecule has 84 valence electrons. The van der Waals surface area contributed by atoms with Gasteiger partial charge in [-0.05, 0) is 18.2 Å². The molecule has 3 nitrogen and oxygen atoms in total. The van der Waals surface area contributed by atoms with E-state index in [-0.39, 0.29) is 0 Å². The van der Waals surface area contributed by atoms with E-state index in [0.29, 0.717) is 16.6 Å². The third kappa shape index (κ3) is 1.91. The highest BCUT2D eigenvalue weighted by atomic mass is 35.5. The molecule has 0 saturated heterocycles. The lowest BCUT2D eigenvalue weighted by molar-refractivity contribution is 0.752. The maximum Gasteiger partial charge on any atom is 0.115 e. The van der Waals surface area contributed by atoms with Crippen molar-refractivity contribution in [2.24, 2.45) is 0 Å². The van der Waals surface area contributed by atoms with Crippen molar-refractivity contribution >= 4 is 17.3 Å². The number of rotatable bonds is 2. The molecule has 4 heteroatoms. The molecule has 2 N–H and O–H groups in total. The maximum atomic E-state index is 5.95. The van der Waals surface area contributed by atoms with Gasteiger partial charge in [0.2, 0.25) is 0 Å². The second-order valence-corrected chi connectivity index (χ2v) is 4.45. The van der Waals surface area contributed by atoms with Gasteiger partial charge in [-0.2, -0.15) is 0 Å². The Balaban J connectivity index is 2.54. The summed E-state index contributed by atoms with van der Waals surface area (Å²) in [5.74, 6) is 1.35. The molecule has 0 amide bonds. The van der Waals surface area contributed by atoms with Gasteiger partial charge in [-0.1, -0.05) is 25.4 Å². The van der Waals surface area contributed by atoms with Gasteiger partial charge >= 0.3 is 0 Å². The van der Waals surface area contributed by atoms with Gasteiger partial charge in [-0.25, -0.2) is 4.98 Å². The number of anilines is 1. The standard InChI is InChI=1S/C12H14ClN3/c1-8(2)12-15-5-6-16(12)11-4-3-9(13)7-10(11)14/h3-8H,14H2,1-2H3. The Morgan fingerprint density at radius 2 is 2.12 bits per heavy atom. The van der Waals surface area contributed by atoms with Gasteiger partial charge in [0.25, 0.3) is 0 Å². The summed E-state index contributed by atoms with van der Waals surface area (Å²) in [5.41, 5.74) is 7.53. The highest BCUT2D eigenvalue weighted by Crippen LogP contribution is 2.24. The molecule has 0 unspecified atom stereocenters. The molecular weight excluding hydrogens is 222 g/mol. The first-order valence-corrected chi connectivity index (χ1v) is 5.56. The van der Waals surface area contributed by atoms with Crippen LogP contribution in [-0.2, 0) is 0 Å². The average Bonchev–Trinajstić information content (AvgIpc) is 2.66. The van der Waals surface area contributed by atoms with Crippen LogP contribution in [0.3, 0.4) is 0 Å². The number of benzene rings is 1. The minimum atomic E-state index is 0.352. The number of nitrogen functional groups attached to an aromatic ring is 1. The summed E-state index contributed by atoms with van der Waals surface area (Å²) >= 11 is 5.88. The summed E-state index contributed by atoms with van der Waals surface area (Å²) < 4.78 is 2.00. The van der Waals surface area contributed by atoms with E-state index in [1.54, 1.807) is 12.3 Å². The molecule has 2 rings (SSSR count). The van der Waals surface area contributed by atoms with Crippen LogP contribution in [0.5, 0.6) is 0 Å². The van der Waals surface area contributed by atoms with E-state index in [1.165, 1.54) is 0 Å². The molecule has 0 fully saturated rings. The zero-order valence-corrected chi connectivity index (χ0v) is 10.1. The molecule has 0 spiro atoms. The molecule has 0 radical (unpaired) electrons. The van der Waals surface area contributed by atoms with E-state index in [9.17, 15) is 0 Å². The van der Waals surface area contributed by atoms with E-state index in [0.717, 1.165) is 11.5 Å². The van der Waals surface area contributed by atoms with Crippen molar-refractivity contribution in [3.63, 3.8) is 0 Å². The average molecular weight is 236 g/mol. The zero-order valence-electron chi connectivity index (χ0n) is 9.31. The van der Waals surface area contributed by atoms with Crippen molar-refractivity contribution in [3.8, 4) is 5.69 Å². The van der Waals surface area contributed by atoms with Crippen LogP contribution in [0.15, 0.2) is 30.6 Å². The summed E-state index contributed by atoms with van der Waals surface area (Å²) in [6.07, 6.45) is 3.69. The number of nitrogens with zero attached hydrogens (tertiary/aromatic N) is 2. The zero-order chi connectivity index (χ0) is 11.7.